The minimum Gasteiger partial charge on any atom is -0.479 e. The second kappa shape index (κ2) is 6.60. The number of benzene rings is 2. The maximum absolute atomic E-state index is 13.7. The number of amides is 3. The predicted molar refractivity (Wildman–Crippen MR) is 89.2 cm³/mol. The lowest BCUT2D eigenvalue weighted by Crippen LogP contribution is -2.26. The third kappa shape index (κ3) is 3.74. The molecule has 0 bridgehead atoms. The van der Waals surface area contributed by atoms with Gasteiger partial charge in [0.1, 0.15) is 5.82 Å². The number of nitrogens with one attached hydrogen (secondary N) is 3. The van der Waals surface area contributed by atoms with Crippen molar-refractivity contribution in [1.82, 2.24) is 0 Å². The van der Waals surface area contributed by atoms with E-state index in [1.54, 1.807) is 12.1 Å². The van der Waals surface area contributed by atoms with Gasteiger partial charge in [0.2, 0.25) is 5.91 Å². The van der Waals surface area contributed by atoms with Crippen molar-refractivity contribution < 1.29 is 23.5 Å². The van der Waals surface area contributed by atoms with Gasteiger partial charge in [0, 0.05) is 30.3 Å². The molecule has 2 aromatic carbocycles. The van der Waals surface area contributed by atoms with E-state index < -0.39 is 17.6 Å². The van der Waals surface area contributed by atoms with Crippen LogP contribution in [0.5, 0.6) is 5.75 Å². The van der Waals surface area contributed by atoms with E-state index in [2.05, 4.69) is 16.0 Å². The fraction of sp³-hybridized carbons (Fsp3) is 0.118. The lowest BCUT2D eigenvalue weighted by Gasteiger charge is -2.21. The second-order valence-corrected chi connectivity index (χ2v) is 5.38. The molecule has 0 spiro atoms. The number of halogens is 1. The number of hydrogen-bond acceptors (Lipinski definition) is 4. The van der Waals surface area contributed by atoms with Gasteiger partial charge in [-0.25, -0.2) is 4.39 Å². The van der Waals surface area contributed by atoms with Crippen molar-refractivity contribution in [3.05, 3.63) is 47.8 Å². The second-order valence-electron chi connectivity index (χ2n) is 5.38. The van der Waals surface area contributed by atoms with Crippen molar-refractivity contribution in [2.75, 3.05) is 22.6 Å². The van der Waals surface area contributed by atoms with Crippen LogP contribution < -0.4 is 20.7 Å². The molecule has 0 fully saturated rings. The molecule has 3 amide bonds. The number of carbonyl (C=O) groups is 3. The molecule has 3 rings (SSSR count). The molecule has 0 radical (unpaired) electrons. The molecule has 25 heavy (non-hydrogen) atoms. The first-order valence-corrected chi connectivity index (χ1v) is 7.37. The fourth-order valence-electron chi connectivity index (χ4n) is 2.36. The zero-order chi connectivity index (χ0) is 18.0. The highest BCUT2D eigenvalue weighted by Crippen LogP contribution is 2.36. The summed E-state index contributed by atoms with van der Waals surface area (Å²) in [6, 6.07) is 8.43. The summed E-state index contributed by atoms with van der Waals surface area (Å²) in [6.45, 7) is 1.17. The number of ether oxygens (including phenoxy) is 1. The Balaban J connectivity index is 1.81. The molecular formula is C17H14FN3O4. The van der Waals surface area contributed by atoms with Crippen LogP contribution in [0.25, 0.3) is 0 Å². The van der Waals surface area contributed by atoms with Crippen LogP contribution in [0.1, 0.15) is 17.3 Å². The van der Waals surface area contributed by atoms with Crippen molar-refractivity contribution in [2.45, 2.75) is 6.92 Å². The summed E-state index contributed by atoms with van der Waals surface area (Å²) in [5, 5.41) is 7.64. The summed E-state index contributed by atoms with van der Waals surface area (Å²) in [6.07, 6.45) is 0. The summed E-state index contributed by atoms with van der Waals surface area (Å²) in [4.78, 5) is 34.7. The number of carbonyl (C=O) groups excluding carboxylic acids is 3. The van der Waals surface area contributed by atoms with Crippen LogP contribution in [-0.2, 0) is 9.59 Å². The fourth-order valence-corrected chi connectivity index (χ4v) is 2.36. The predicted octanol–water partition coefficient (Wildman–Crippen LogP) is 2.37. The van der Waals surface area contributed by atoms with Crippen LogP contribution in [0.2, 0.25) is 0 Å². The Labute approximate surface area is 142 Å². The highest BCUT2D eigenvalue weighted by Gasteiger charge is 2.22. The molecule has 0 saturated carbocycles. The first-order chi connectivity index (χ1) is 11.9. The van der Waals surface area contributed by atoms with Crippen molar-refractivity contribution >= 4 is 34.8 Å². The number of anilines is 3. The van der Waals surface area contributed by atoms with Gasteiger partial charge in [-0.15, -0.1) is 0 Å². The Morgan fingerprint density at radius 1 is 1.16 bits per heavy atom. The number of hydrogen-bond donors (Lipinski definition) is 3. The topological polar surface area (TPSA) is 96.5 Å². The standard InChI is InChI=1S/C17H14FN3O4/c1-9(22)19-12-4-2-10(3-5-12)17(24)21-14-7-11(18)6-13-16(14)25-8-15(23)20-13/h2-7H,8H2,1H3,(H,19,22)(H,20,23)(H,21,24). The molecule has 128 valence electrons. The highest BCUT2D eigenvalue weighted by atomic mass is 19.1. The quantitative estimate of drug-likeness (QED) is 0.797. The first-order valence-electron chi connectivity index (χ1n) is 7.37. The molecule has 2 aromatic rings. The third-order valence-corrected chi connectivity index (χ3v) is 3.39. The SMILES string of the molecule is CC(=O)Nc1ccc(C(=O)Nc2cc(F)cc3c2OCC(=O)N3)cc1. The van der Waals surface area contributed by atoms with Crippen molar-refractivity contribution in [1.29, 1.82) is 0 Å². The molecule has 0 aromatic heterocycles. The van der Waals surface area contributed by atoms with Crippen LogP contribution >= 0.6 is 0 Å². The highest BCUT2D eigenvalue weighted by molar-refractivity contribution is 6.07. The minimum atomic E-state index is -0.624. The largest absolute Gasteiger partial charge is 0.479 e. The molecule has 1 aliphatic rings. The lowest BCUT2D eigenvalue weighted by atomic mass is 10.1. The van der Waals surface area contributed by atoms with Crippen molar-refractivity contribution in [3.8, 4) is 5.75 Å². The van der Waals surface area contributed by atoms with Gasteiger partial charge >= 0.3 is 0 Å². The summed E-state index contributed by atoms with van der Waals surface area (Å²) in [5.74, 6) is -1.53. The Morgan fingerprint density at radius 3 is 2.56 bits per heavy atom. The van der Waals surface area contributed by atoms with Crippen LogP contribution in [0.15, 0.2) is 36.4 Å². The Kier molecular flexibility index (Phi) is 4.34. The average Bonchev–Trinajstić information content (AvgIpc) is 2.54. The summed E-state index contributed by atoms with van der Waals surface area (Å²) in [5.41, 5.74) is 1.14. The summed E-state index contributed by atoms with van der Waals surface area (Å²) >= 11 is 0. The Hall–Kier alpha value is -3.42. The average molecular weight is 343 g/mol. The van der Waals surface area contributed by atoms with E-state index in [0.717, 1.165) is 12.1 Å². The molecule has 0 atom stereocenters. The molecule has 1 aliphatic heterocycles. The van der Waals surface area contributed by atoms with E-state index in [1.165, 1.54) is 19.1 Å². The van der Waals surface area contributed by atoms with Gasteiger partial charge in [-0.1, -0.05) is 0 Å². The van der Waals surface area contributed by atoms with Gasteiger partial charge < -0.3 is 20.7 Å². The monoisotopic (exact) mass is 343 g/mol. The van der Waals surface area contributed by atoms with Gasteiger partial charge in [-0.2, -0.15) is 0 Å². The van der Waals surface area contributed by atoms with Crippen LogP contribution in [0.3, 0.4) is 0 Å². The first kappa shape index (κ1) is 16.4. The zero-order valence-corrected chi connectivity index (χ0v) is 13.2. The number of rotatable bonds is 3. The van der Waals surface area contributed by atoms with E-state index in [0.29, 0.717) is 11.3 Å². The summed E-state index contributed by atoms with van der Waals surface area (Å²) in [7, 11) is 0. The van der Waals surface area contributed by atoms with E-state index in [9.17, 15) is 18.8 Å². The molecule has 0 unspecified atom stereocenters. The number of fused-ring (bicyclic) bond motifs is 1. The van der Waals surface area contributed by atoms with Gasteiger partial charge in [0.05, 0.1) is 11.4 Å². The van der Waals surface area contributed by atoms with E-state index >= 15 is 0 Å². The zero-order valence-electron chi connectivity index (χ0n) is 13.2. The van der Waals surface area contributed by atoms with Gasteiger partial charge in [0.15, 0.2) is 12.4 Å². The van der Waals surface area contributed by atoms with Gasteiger partial charge in [-0.3, -0.25) is 14.4 Å². The van der Waals surface area contributed by atoms with E-state index in [1.807, 2.05) is 0 Å². The normalized spacial score (nSPS) is 12.5. The molecule has 0 saturated heterocycles. The Bertz CT molecular complexity index is 865. The molecular weight excluding hydrogens is 329 g/mol. The molecule has 1 heterocycles. The van der Waals surface area contributed by atoms with Crippen molar-refractivity contribution in [3.63, 3.8) is 0 Å². The molecule has 0 aliphatic carbocycles. The molecule has 7 nitrogen and oxygen atoms in total. The maximum Gasteiger partial charge on any atom is 0.262 e. The minimum absolute atomic E-state index is 0.117. The van der Waals surface area contributed by atoms with Gasteiger partial charge in [-0.05, 0) is 24.3 Å². The molecule has 8 heteroatoms. The van der Waals surface area contributed by atoms with Gasteiger partial charge in [0.25, 0.3) is 11.8 Å². The third-order valence-electron chi connectivity index (χ3n) is 3.39. The maximum atomic E-state index is 13.7. The Morgan fingerprint density at radius 2 is 1.88 bits per heavy atom. The smallest absolute Gasteiger partial charge is 0.262 e. The summed E-state index contributed by atoms with van der Waals surface area (Å²) < 4.78 is 19.0. The lowest BCUT2D eigenvalue weighted by molar-refractivity contribution is -0.118. The van der Waals surface area contributed by atoms with Crippen LogP contribution in [0, 0.1) is 5.82 Å². The van der Waals surface area contributed by atoms with Crippen LogP contribution in [-0.4, -0.2) is 24.3 Å². The van der Waals surface area contributed by atoms with Crippen molar-refractivity contribution in [2.24, 2.45) is 0 Å². The van der Waals surface area contributed by atoms with E-state index in [4.69, 9.17) is 4.74 Å². The molecule has 3 N–H and O–H groups in total. The van der Waals surface area contributed by atoms with E-state index in [-0.39, 0.29) is 29.6 Å². The van der Waals surface area contributed by atoms with Crippen LogP contribution in [0.4, 0.5) is 21.5 Å².